The molecular formula is C15H23N3O3S. The zero-order chi connectivity index (χ0) is 16.2. The molecule has 2 rings (SSSR count). The van der Waals surface area contributed by atoms with Crippen LogP contribution in [0.4, 0.5) is 0 Å². The molecular weight excluding hydrogens is 302 g/mol. The van der Waals surface area contributed by atoms with Crippen molar-refractivity contribution in [2.45, 2.75) is 36.6 Å². The topological polar surface area (TPSA) is 101 Å². The average Bonchev–Trinajstić information content (AvgIpc) is 2.55. The van der Waals surface area contributed by atoms with Crippen LogP contribution in [-0.2, 0) is 10.0 Å². The van der Waals surface area contributed by atoms with E-state index in [9.17, 15) is 13.2 Å². The molecule has 7 heteroatoms. The Labute approximate surface area is 131 Å². The van der Waals surface area contributed by atoms with E-state index in [1.807, 2.05) is 0 Å². The summed E-state index contributed by atoms with van der Waals surface area (Å²) in [4.78, 5) is 12.4. The number of carbonyl (C=O) groups is 1. The van der Waals surface area contributed by atoms with Crippen LogP contribution in [0, 0.1) is 5.92 Å². The molecule has 22 heavy (non-hydrogen) atoms. The molecule has 1 saturated carbocycles. The first-order valence-electron chi connectivity index (χ1n) is 7.52. The van der Waals surface area contributed by atoms with Crippen molar-refractivity contribution in [2.75, 3.05) is 13.6 Å². The van der Waals surface area contributed by atoms with E-state index in [0.29, 0.717) is 18.0 Å². The first-order chi connectivity index (χ1) is 10.5. The van der Waals surface area contributed by atoms with Crippen LogP contribution in [0.2, 0.25) is 0 Å². The van der Waals surface area contributed by atoms with Crippen molar-refractivity contribution < 1.29 is 13.2 Å². The molecule has 1 aliphatic carbocycles. The van der Waals surface area contributed by atoms with Crippen molar-refractivity contribution >= 4 is 15.9 Å². The van der Waals surface area contributed by atoms with Gasteiger partial charge in [-0.1, -0.05) is 12.8 Å². The fraction of sp³-hybridized carbons (Fsp3) is 0.533. The Bertz CT molecular complexity index is 613. The smallest absolute Gasteiger partial charge is 0.251 e. The van der Waals surface area contributed by atoms with Gasteiger partial charge in [0.25, 0.3) is 5.91 Å². The molecule has 2 unspecified atom stereocenters. The number of amides is 1. The second-order valence-electron chi connectivity index (χ2n) is 5.59. The lowest BCUT2D eigenvalue weighted by Gasteiger charge is -2.31. The number of carbonyl (C=O) groups excluding carboxylic acids is 1. The van der Waals surface area contributed by atoms with Crippen LogP contribution < -0.4 is 15.8 Å². The number of hydrogen-bond acceptors (Lipinski definition) is 4. The van der Waals surface area contributed by atoms with E-state index < -0.39 is 10.0 Å². The van der Waals surface area contributed by atoms with Gasteiger partial charge in [-0.3, -0.25) is 4.79 Å². The predicted octanol–water partition coefficient (Wildman–Crippen LogP) is 0.842. The van der Waals surface area contributed by atoms with Crippen molar-refractivity contribution in [2.24, 2.45) is 11.7 Å². The summed E-state index contributed by atoms with van der Waals surface area (Å²) in [5.74, 6) is 0.139. The van der Waals surface area contributed by atoms with Crippen LogP contribution in [0.3, 0.4) is 0 Å². The van der Waals surface area contributed by atoms with Gasteiger partial charge in [0.15, 0.2) is 0 Å². The summed E-state index contributed by atoms with van der Waals surface area (Å²) in [6, 6.07) is 6.02. The van der Waals surface area contributed by atoms with E-state index in [1.54, 1.807) is 0 Å². The first kappa shape index (κ1) is 16.9. The molecule has 0 spiro atoms. The van der Waals surface area contributed by atoms with Crippen LogP contribution in [-0.4, -0.2) is 34.0 Å². The molecule has 1 aromatic carbocycles. The number of nitrogens with one attached hydrogen (secondary N) is 2. The Morgan fingerprint density at radius 2 is 1.86 bits per heavy atom. The van der Waals surface area contributed by atoms with Gasteiger partial charge in [0.2, 0.25) is 10.0 Å². The van der Waals surface area contributed by atoms with Gasteiger partial charge in [-0.15, -0.1) is 0 Å². The van der Waals surface area contributed by atoms with Crippen LogP contribution in [0.25, 0.3) is 0 Å². The first-order valence-corrected chi connectivity index (χ1v) is 9.01. The molecule has 6 nitrogen and oxygen atoms in total. The summed E-state index contributed by atoms with van der Waals surface area (Å²) in [6.45, 7) is 0.574. The SMILES string of the molecule is CNS(=O)(=O)c1ccc(C(=O)NC2CCCCC2CN)cc1. The summed E-state index contributed by atoms with van der Waals surface area (Å²) in [5, 5.41) is 3.02. The van der Waals surface area contributed by atoms with Crippen molar-refractivity contribution in [1.29, 1.82) is 0 Å². The molecule has 2 atom stereocenters. The summed E-state index contributed by atoms with van der Waals surface area (Å²) in [5.41, 5.74) is 6.22. The van der Waals surface area contributed by atoms with Gasteiger partial charge >= 0.3 is 0 Å². The monoisotopic (exact) mass is 325 g/mol. The number of benzene rings is 1. The number of sulfonamides is 1. The van der Waals surface area contributed by atoms with E-state index in [0.717, 1.165) is 25.7 Å². The van der Waals surface area contributed by atoms with E-state index in [1.165, 1.54) is 31.3 Å². The van der Waals surface area contributed by atoms with Gasteiger partial charge in [0.05, 0.1) is 4.90 Å². The molecule has 1 aliphatic rings. The summed E-state index contributed by atoms with van der Waals surface area (Å²) in [6.07, 6.45) is 4.24. The standard InChI is InChI=1S/C15H23N3O3S/c1-17-22(20,21)13-8-6-11(7-9-13)15(19)18-14-5-3-2-4-12(14)10-16/h6-9,12,14,17H,2-5,10,16H2,1H3,(H,18,19). The lowest BCUT2D eigenvalue weighted by atomic mass is 9.84. The largest absolute Gasteiger partial charge is 0.349 e. The van der Waals surface area contributed by atoms with Crippen molar-refractivity contribution in [3.05, 3.63) is 29.8 Å². The Hall–Kier alpha value is -1.44. The van der Waals surface area contributed by atoms with Gasteiger partial charge in [0.1, 0.15) is 0 Å². The minimum Gasteiger partial charge on any atom is -0.349 e. The normalized spacial score (nSPS) is 22.3. The van der Waals surface area contributed by atoms with Gasteiger partial charge in [-0.25, -0.2) is 13.1 Å². The molecule has 4 N–H and O–H groups in total. The van der Waals surface area contributed by atoms with Gasteiger partial charge in [-0.05, 0) is 56.6 Å². The van der Waals surface area contributed by atoms with Crippen LogP contribution in [0.5, 0.6) is 0 Å². The Morgan fingerprint density at radius 1 is 1.23 bits per heavy atom. The number of nitrogens with two attached hydrogens (primary N) is 1. The fourth-order valence-electron chi connectivity index (χ4n) is 2.83. The van der Waals surface area contributed by atoms with Crippen LogP contribution >= 0.6 is 0 Å². The Balaban J connectivity index is 2.06. The van der Waals surface area contributed by atoms with Crippen LogP contribution in [0.1, 0.15) is 36.0 Å². The molecule has 122 valence electrons. The quantitative estimate of drug-likeness (QED) is 0.746. The van der Waals surface area contributed by atoms with Gasteiger partial charge < -0.3 is 11.1 Å². The third-order valence-corrected chi connectivity index (χ3v) is 5.65. The predicted molar refractivity (Wildman–Crippen MR) is 85.0 cm³/mol. The highest BCUT2D eigenvalue weighted by Crippen LogP contribution is 2.24. The van der Waals surface area contributed by atoms with Gasteiger partial charge in [0, 0.05) is 11.6 Å². The number of rotatable bonds is 5. The highest BCUT2D eigenvalue weighted by molar-refractivity contribution is 7.89. The van der Waals surface area contributed by atoms with Gasteiger partial charge in [-0.2, -0.15) is 0 Å². The lowest BCUT2D eigenvalue weighted by molar-refractivity contribution is 0.0908. The highest BCUT2D eigenvalue weighted by Gasteiger charge is 2.25. The van der Waals surface area contributed by atoms with Crippen LogP contribution in [0.15, 0.2) is 29.2 Å². The number of hydrogen-bond donors (Lipinski definition) is 3. The maximum Gasteiger partial charge on any atom is 0.251 e. The third-order valence-electron chi connectivity index (χ3n) is 4.22. The minimum absolute atomic E-state index is 0.104. The molecule has 0 aromatic heterocycles. The maximum absolute atomic E-state index is 12.3. The highest BCUT2D eigenvalue weighted by atomic mass is 32.2. The zero-order valence-corrected chi connectivity index (χ0v) is 13.5. The molecule has 1 amide bonds. The second kappa shape index (κ2) is 7.21. The average molecular weight is 325 g/mol. The Kier molecular flexibility index (Phi) is 5.55. The lowest BCUT2D eigenvalue weighted by Crippen LogP contribution is -2.44. The summed E-state index contributed by atoms with van der Waals surface area (Å²) >= 11 is 0. The molecule has 0 bridgehead atoms. The molecule has 0 heterocycles. The summed E-state index contributed by atoms with van der Waals surface area (Å²) < 4.78 is 25.6. The van der Waals surface area contributed by atoms with Crippen molar-refractivity contribution in [3.63, 3.8) is 0 Å². The zero-order valence-electron chi connectivity index (χ0n) is 12.7. The Morgan fingerprint density at radius 3 is 2.45 bits per heavy atom. The van der Waals surface area contributed by atoms with E-state index >= 15 is 0 Å². The van der Waals surface area contributed by atoms with E-state index in [-0.39, 0.29) is 16.8 Å². The molecule has 0 aliphatic heterocycles. The van der Waals surface area contributed by atoms with Crippen molar-refractivity contribution in [3.8, 4) is 0 Å². The molecule has 1 fully saturated rings. The van der Waals surface area contributed by atoms with E-state index in [4.69, 9.17) is 5.73 Å². The molecule has 1 aromatic rings. The van der Waals surface area contributed by atoms with E-state index in [2.05, 4.69) is 10.0 Å². The summed E-state index contributed by atoms with van der Waals surface area (Å²) in [7, 11) is -2.13. The maximum atomic E-state index is 12.3. The fourth-order valence-corrected chi connectivity index (χ4v) is 3.56. The molecule has 0 radical (unpaired) electrons. The van der Waals surface area contributed by atoms with Crippen molar-refractivity contribution in [1.82, 2.24) is 10.0 Å². The third kappa shape index (κ3) is 3.85. The second-order valence-corrected chi connectivity index (χ2v) is 7.48. The minimum atomic E-state index is -3.48. The molecule has 0 saturated heterocycles.